The van der Waals surface area contributed by atoms with E-state index in [1.807, 2.05) is 13.0 Å². The fourth-order valence-corrected chi connectivity index (χ4v) is 1.64. The van der Waals surface area contributed by atoms with E-state index >= 15 is 0 Å². The van der Waals surface area contributed by atoms with Crippen LogP contribution in [-0.4, -0.2) is 33.4 Å². The van der Waals surface area contributed by atoms with Gasteiger partial charge in [-0.15, -0.1) is 0 Å². The van der Waals surface area contributed by atoms with E-state index < -0.39 is 0 Å². The second-order valence-electron chi connectivity index (χ2n) is 3.56. The van der Waals surface area contributed by atoms with Crippen LogP contribution >= 0.6 is 11.6 Å². The van der Waals surface area contributed by atoms with Crippen LogP contribution in [0.25, 0.3) is 0 Å². The molecule has 2 aromatic heterocycles. The fraction of sp³-hybridized carbons (Fsp3) is 0.200. The Morgan fingerprint density at radius 2 is 2.11 bits per heavy atom. The van der Waals surface area contributed by atoms with Crippen LogP contribution in [0.2, 0.25) is 5.28 Å². The Labute approximate surface area is 109 Å². The molecule has 0 bridgehead atoms. The van der Waals surface area contributed by atoms with Gasteiger partial charge in [-0.05, 0) is 18.5 Å². The minimum absolute atomic E-state index is 0.0970. The SMILES string of the molecule is CNc1nc(Cl)nc(Nc2cc(C)[nH]n2)c1C=N. The third-order valence-electron chi connectivity index (χ3n) is 2.25. The standard InChI is InChI=1S/C10H12ClN7/c1-5-3-7(18-17-5)14-9-6(4-12)8(13-2)15-10(11)16-9/h3-4,12H,1-2H3,(H3,13,14,15,16,17,18). The van der Waals surface area contributed by atoms with E-state index in [4.69, 9.17) is 17.0 Å². The molecule has 94 valence electrons. The number of hydrogen-bond donors (Lipinski definition) is 4. The zero-order valence-corrected chi connectivity index (χ0v) is 10.6. The second kappa shape index (κ2) is 5.01. The first-order valence-corrected chi connectivity index (χ1v) is 5.56. The van der Waals surface area contributed by atoms with Gasteiger partial charge < -0.3 is 16.0 Å². The van der Waals surface area contributed by atoms with Crippen molar-refractivity contribution in [2.24, 2.45) is 0 Å². The molecule has 2 rings (SSSR count). The number of aromatic amines is 1. The van der Waals surface area contributed by atoms with Crippen LogP contribution in [0.15, 0.2) is 6.07 Å². The first-order valence-electron chi connectivity index (χ1n) is 5.19. The molecule has 0 aromatic carbocycles. The predicted molar refractivity (Wildman–Crippen MR) is 71.1 cm³/mol. The molecule has 0 saturated carbocycles. The summed E-state index contributed by atoms with van der Waals surface area (Å²) in [6.45, 7) is 1.89. The molecule has 0 aliphatic rings. The quantitative estimate of drug-likeness (QED) is 0.500. The van der Waals surface area contributed by atoms with E-state index in [-0.39, 0.29) is 5.28 Å². The van der Waals surface area contributed by atoms with Gasteiger partial charge in [0.15, 0.2) is 5.82 Å². The first-order chi connectivity index (χ1) is 8.63. The number of nitrogens with one attached hydrogen (secondary N) is 4. The summed E-state index contributed by atoms with van der Waals surface area (Å²) in [4.78, 5) is 8.05. The number of halogens is 1. The van der Waals surface area contributed by atoms with Crippen molar-refractivity contribution in [3.63, 3.8) is 0 Å². The Balaban J connectivity index is 2.42. The van der Waals surface area contributed by atoms with E-state index in [1.165, 1.54) is 0 Å². The van der Waals surface area contributed by atoms with Crippen molar-refractivity contribution in [1.29, 1.82) is 5.41 Å². The highest BCUT2D eigenvalue weighted by Gasteiger charge is 2.12. The minimum Gasteiger partial charge on any atom is -0.372 e. The van der Waals surface area contributed by atoms with Crippen LogP contribution in [0, 0.1) is 12.3 Å². The zero-order valence-electron chi connectivity index (χ0n) is 9.87. The Bertz CT molecular complexity index is 578. The molecule has 0 aliphatic carbocycles. The Kier molecular flexibility index (Phi) is 3.42. The topological polar surface area (TPSA) is 102 Å². The summed E-state index contributed by atoms with van der Waals surface area (Å²) in [5, 5.41) is 20.2. The number of H-pyrrole nitrogens is 1. The van der Waals surface area contributed by atoms with Crippen molar-refractivity contribution in [2.45, 2.75) is 6.92 Å². The first kappa shape index (κ1) is 12.3. The van der Waals surface area contributed by atoms with E-state index in [9.17, 15) is 0 Å². The maximum Gasteiger partial charge on any atom is 0.226 e. The van der Waals surface area contributed by atoms with Crippen LogP contribution in [-0.2, 0) is 0 Å². The molecular formula is C10H12ClN7. The van der Waals surface area contributed by atoms with Crippen LogP contribution in [0.3, 0.4) is 0 Å². The van der Waals surface area contributed by atoms with Crippen molar-refractivity contribution in [2.75, 3.05) is 17.7 Å². The predicted octanol–water partition coefficient (Wildman–Crippen LogP) is 1.94. The average molecular weight is 266 g/mol. The molecule has 0 radical (unpaired) electrons. The van der Waals surface area contributed by atoms with Gasteiger partial charge in [-0.1, -0.05) is 0 Å². The van der Waals surface area contributed by atoms with Crippen molar-refractivity contribution in [3.05, 3.63) is 22.6 Å². The summed E-state index contributed by atoms with van der Waals surface area (Å²) in [5.74, 6) is 1.52. The third-order valence-corrected chi connectivity index (χ3v) is 2.42. The summed E-state index contributed by atoms with van der Waals surface area (Å²) >= 11 is 5.82. The van der Waals surface area contributed by atoms with Gasteiger partial charge in [0.05, 0.1) is 5.56 Å². The molecule has 8 heteroatoms. The monoisotopic (exact) mass is 265 g/mol. The number of aryl methyl sites for hydroxylation is 1. The highest BCUT2D eigenvalue weighted by molar-refractivity contribution is 6.28. The number of nitrogens with zero attached hydrogens (tertiary/aromatic N) is 3. The summed E-state index contributed by atoms with van der Waals surface area (Å²) in [6.07, 6.45) is 1.16. The van der Waals surface area contributed by atoms with Gasteiger partial charge in [0.2, 0.25) is 5.28 Å². The maximum atomic E-state index is 7.41. The van der Waals surface area contributed by atoms with Gasteiger partial charge in [-0.25, -0.2) is 4.98 Å². The molecule has 0 aliphatic heterocycles. The molecule has 2 heterocycles. The molecule has 4 N–H and O–H groups in total. The van der Waals surface area contributed by atoms with Gasteiger partial charge in [0.25, 0.3) is 0 Å². The Hall–Kier alpha value is -2.15. The zero-order chi connectivity index (χ0) is 13.1. The number of anilines is 3. The number of rotatable bonds is 4. The maximum absolute atomic E-state index is 7.41. The fourth-order valence-electron chi connectivity index (χ4n) is 1.47. The smallest absolute Gasteiger partial charge is 0.226 e. The van der Waals surface area contributed by atoms with Crippen molar-refractivity contribution < 1.29 is 0 Å². The summed E-state index contributed by atoms with van der Waals surface area (Å²) in [6, 6.07) is 1.82. The van der Waals surface area contributed by atoms with Crippen LogP contribution < -0.4 is 10.6 Å². The molecule has 7 nitrogen and oxygen atoms in total. The van der Waals surface area contributed by atoms with Crippen molar-refractivity contribution in [1.82, 2.24) is 20.2 Å². The molecule has 0 unspecified atom stereocenters. The van der Waals surface area contributed by atoms with Gasteiger partial charge in [0.1, 0.15) is 11.6 Å². The lowest BCUT2D eigenvalue weighted by atomic mass is 10.3. The molecule has 0 amide bonds. The molecule has 0 saturated heterocycles. The Morgan fingerprint density at radius 1 is 1.39 bits per heavy atom. The van der Waals surface area contributed by atoms with E-state index in [2.05, 4.69) is 30.8 Å². The second-order valence-corrected chi connectivity index (χ2v) is 3.90. The van der Waals surface area contributed by atoms with E-state index in [1.54, 1.807) is 7.05 Å². The van der Waals surface area contributed by atoms with Gasteiger partial charge in [0, 0.05) is 25.0 Å². The molecular weight excluding hydrogens is 254 g/mol. The van der Waals surface area contributed by atoms with Crippen LogP contribution in [0.5, 0.6) is 0 Å². The van der Waals surface area contributed by atoms with E-state index in [0.29, 0.717) is 23.0 Å². The molecule has 18 heavy (non-hydrogen) atoms. The highest BCUT2D eigenvalue weighted by atomic mass is 35.5. The molecule has 0 spiro atoms. The lowest BCUT2D eigenvalue weighted by molar-refractivity contribution is 1.04. The van der Waals surface area contributed by atoms with Crippen molar-refractivity contribution >= 4 is 35.3 Å². The van der Waals surface area contributed by atoms with Gasteiger partial charge in [-0.3, -0.25) is 5.10 Å². The lowest BCUT2D eigenvalue weighted by Gasteiger charge is -2.10. The molecule has 0 fully saturated rings. The normalized spacial score (nSPS) is 10.2. The average Bonchev–Trinajstić information content (AvgIpc) is 2.74. The Morgan fingerprint density at radius 3 is 2.67 bits per heavy atom. The van der Waals surface area contributed by atoms with Crippen LogP contribution in [0.1, 0.15) is 11.3 Å². The third kappa shape index (κ3) is 2.40. The minimum atomic E-state index is 0.0970. The molecule has 2 aromatic rings. The largest absolute Gasteiger partial charge is 0.372 e. The summed E-state index contributed by atoms with van der Waals surface area (Å²) in [7, 11) is 1.70. The van der Waals surface area contributed by atoms with Gasteiger partial charge in [-0.2, -0.15) is 10.1 Å². The highest BCUT2D eigenvalue weighted by Crippen LogP contribution is 2.23. The molecule has 0 atom stereocenters. The van der Waals surface area contributed by atoms with Gasteiger partial charge >= 0.3 is 0 Å². The number of hydrogen-bond acceptors (Lipinski definition) is 6. The lowest BCUT2D eigenvalue weighted by Crippen LogP contribution is -2.06. The summed E-state index contributed by atoms with van der Waals surface area (Å²) in [5.41, 5.74) is 1.44. The number of aromatic nitrogens is 4. The van der Waals surface area contributed by atoms with Crippen LogP contribution in [0.4, 0.5) is 17.5 Å². The summed E-state index contributed by atoms with van der Waals surface area (Å²) < 4.78 is 0. The van der Waals surface area contributed by atoms with E-state index in [0.717, 1.165) is 11.9 Å². The van der Waals surface area contributed by atoms with Crippen molar-refractivity contribution in [3.8, 4) is 0 Å².